The Bertz CT molecular complexity index is 634. The fraction of sp³-hybridized carbons (Fsp3) is 0.188. The lowest BCUT2D eigenvalue weighted by Gasteiger charge is -2.10. The normalized spacial score (nSPS) is 13.4. The first-order valence-corrected chi connectivity index (χ1v) is 6.64. The van der Waals surface area contributed by atoms with Crippen molar-refractivity contribution in [2.45, 2.75) is 19.4 Å². The molecular weight excluding hydrogens is 260 g/mol. The van der Waals surface area contributed by atoms with Crippen molar-refractivity contribution in [1.82, 2.24) is 0 Å². The lowest BCUT2D eigenvalue weighted by Crippen LogP contribution is -1.99. The van der Waals surface area contributed by atoms with E-state index in [1.54, 1.807) is 0 Å². The van der Waals surface area contributed by atoms with E-state index in [2.05, 4.69) is 0 Å². The Morgan fingerprint density at radius 3 is 2.79 bits per heavy atom. The van der Waals surface area contributed by atoms with Crippen molar-refractivity contribution in [2.75, 3.05) is 0 Å². The van der Waals surface area contributed by atoms with Gasteiger partial charge in [-0.3, -0.25) is 4.79 Å². The van der Waals surface area contributed by atoms with E-state index in [1.165, 1.54) is 0 Å². The SMILES string of the molecule is O=C1CCc2c(OCc3cccc(Cl)c3)cccc21. The number of ether oxygens (including phenoxy) is 1. The number of hydrogen-bond acceptors (Lipinski definition) is 2. The molecule has 0 bridgehead atoms. The van der Waals surface area contributed by atoms with E-state index in [0.29, 0.717) is 18.1 Å². The minimum Gasteiger partial charge on any atom is -0.489 e. The van der Waals surface area contributed by atoms with Gasteiger partial charge in [0.25, 0.3) is 0 Å². The zero-order chi connectivity index (χ0) is 13.2. The number of Topliss-reactive ketones (excluding diaryl/α,β-unsaturated/α-hetero) is 1. The van der Waals surface area contributed by atoms with Gasteiger partial charge in [-0.15, -0.1) is 0 Å². The molecule has 0 saturated heterocycles. The topological polar surface area (TPSA) is 26.3 Å². The predicted octanol–water partition coefficient (Wildman–Crippen LogP) is 4.05. The van der Waals surface area contributed by atoms with Crippen molar-refractivity contribution in [3.8, 4) is 5.75 Å². The zero-order valence-corrected chi connectivity index (χ0v) is 11.1. The van der Waals surface area contributed by atoms with Crippen LogP contribution in [0.5, 0.6) is 5.75 Å². The van der Waals surface area contributed by atoms with Gasteiger partial charge in [-0.1, -0.05) is 35.9 Å². The highest BCUT2D eigenvalue weighted by Gasteiger charge is 2.22. The summed E-state index contributed by atoms with van der Waals surface area (Å²) in [6.07, 6.45) is 1.37. The monoisotopic (exact) mass is 272 g/mol. The van der Waals surface area contributed by atoms with Gasteiger partial charge in [0.2, 0.25) is 0 Å². The van der Waals surface area contributed by atoms with E-state index < -0.39 is 0 Å². The Balaban J connectivity index is 1.80. The molecule has 0 aromatic heterocycles. The maximum absolute atomic E-state index is 11.7. The highest BCUT2D eigenvalue weighted by atomic mass is 35.5. The number of carbonyl (C=O) groups is 1. The Kier molecular flexibility index (Phi) is 3.26. The molecule has 19 heavy (non-hydrogen) atoms. The number of benzene rings is 2. The first-order chi connectivity index (χ1) is 9.24. The second-order valence-electron chi connectivity index (χ2n) is 4.62. The van der Waals surface area contributed by atoms with E-state index in [4.69, 9.17) is 16.3 Å². The third kappa shape index (κ3) is 2.49. The van der Waals surface area contributed by atoms with Crippen LogP contribution in [0.1, 0.15) is 27.9 Å². The fourth-order valence-corrected chi connectivity index (χ4v) is 2.59. The van der Waals surface area contributed by atoms with Gasteiger partial charge in [0.05, 0.1) is 0 Å². The number of halogens is 1. The quantitative estimate of drug-likeness (QED) is 0.843. The van der Waals surface area contributed by atoms with Crippen LogP contribution in [0.15, 0.2) is 42.5 Å². The Labute approximate surface area is 117 Å². The summed E-state index contributed by atoms with van der Waals surface area (Å²) in [5, 5.41) is 0.703. The van der Waals surface area contributed by atoms with Gasteiger partial charge in [-0.05, 0) is 30.2 Å². The van der Waals surface area contributed by atoms with Crippen molar-refractivity contribution >= 4 is 17.4 Å². The molecule has 0 radical (unpaired) electrons. The highest BCUT2D eigenvalue weighted by Crippen LogP contribution is 2.31. The molecule has 0 unspecified atom stereocenters. The summed E-state index contributed by atoms with van der Waals surface area (Å²) in [5.74, 6) is 1.02. The minimum absolute atomic E-state index is 0.211. The molecule has 1 aliphatic rings. The molecule has 0 spiro atoms. The summed E-state index contributed by atoms with van der Waals surface area (Å²) in [5.41, 5.74) is 2.87. The third-order valence-corrected chi connectivity index (χ3v) is 3.55. The molecule has 0 amide bonds. The largest absolute Gasteiger partial charge is 0.489 e. The molecule has 0 fully saturated rings. The van der Waals surface area contributed by atoms with Gasteiger partial charge in [-0.2, -0.15) is 0 Å². The summed E-state index contributed by atoms with van der Waals surface area (Å²) >= 11 is 5.94. The van der Waals surface area contributed by atoms with E-state index in [1.807, 2.05) is 42.5 Å². The van der Waals surface area contributed by atoms with E-state index in [0.717, 1.165) is 28.9 Å². The first-order valence-electron chi connectivity index (χ1n) is 6.26. The number of rotatable bonds is 3. The van der Waals surface area contributed by atoms with Crippen LogP contribution < -0.4 is 4.74 Å². The van der Waals surface area contributed by atoms with Crippen LogP contribution >= 0.6 is 11.6 Å². The molecular formula is C16H13ClO2. The number of carbonyl (C=O) groups excluding carboxylic acids is 1. The molecule has 3 heteroatoms. The van der Waals surface area contributed by atoms with Crippen molar-refractivity contribution in [2.24, 2.45) is 0 Å². The van der Waals surface area contributed by atoms with Crippen LogP contribution in [-0.4, -0.2) is 5.78 Å². The van der Waals surface area contributed by atoms with Crippen LogP contribution in [0.4, 0.5) is 0 Å². The number of ketones is 1. The summed E-state index contributed by atoms with van der Waals surface area (Å²) < 4.78 is 5.83. The average Bonchev–Trinajstić information content (AvgIpc) is 2.79. The molecule has 3 rings (SSSR count). The summed E-state index contributed by atoms with van der Waals surface area (Å²) in [4.78, 5) is 11.7. The summed E-state index contributed by atoms with van der Waals surface area (Å²) in [6, 6.07) is 13.3. The first kappa shape index (κ1) is 12.2. The van der Waals surface area contributed by atoms with E-state index in [-0.39, 0.29) is 5.78 Å². The third-order valence-electron chi connectivity index (χ3n) is 3.32. The molecule has 0 aliphatic heterocycles. The smallest absolute Gasteiger partial charge is 0.163 e. The zero-order valence-electron chi connectivity index (χ0n) is 10.4. The van der Waals surface area contributed by atoms with Crippen LogP contribution in [0.3, 0.4) is 0 Å². The fourth-order valence-electron chi connectivity index (χ4n) is 2.38. The Morgan fingerprint density at radius 1 is 1.11 bits per heavy atom. The maximum Gasteiger partial charge on any atom is 0.163 e. The molecule has 96 valence electrons. The second kappa shape index (κ2) is 5.06. The van der Waals surface area contributed by atoms with Gasteiger partial charge in [-0.25, -0.2) is 0 Å². The molecule has 2 aromatic rings. The lowest BCUT2D eigenvalue weighted by atomic mass is 10.1. The second-order valence-corrected chi connectivity index (χ2v) is 5.06. The Morgan fingerprint density at radius 2 is 1.95 bits per heavy atom. The van der Waals surface area contributed by atoms with Crippen LogP contribution in [0.2, 0.25) is 5.02 Å². The molecule has 0 heterocycles. The average molecular weight is 273 g/mol. The molecule has 2 nitrogen and oxygen atoms in total. The molecule has 0 atom stereocenters. The van der Waals surface area contributed by atoms with Crippen LogP contribution in [0, 0.1) is 0 Å². The number of fused-ring (bicyclic) bond motifs is 1. The minimum atomic E-state index is 0.211. The predicted molar refractivity (Wildman–Crippen MR) is 74.9 cm³/mol. The van der Waals surface area contributed by atoms with Gasteiger partial charge >= 0.3 is 0 Å². The molecule has 0 N–H and O–H groups in total. The number of hydrogen-bond donors (Lipinski definition) is 0. The van der Waals surface area contributed by atoms with Crippen molar-refractivity contribution < 1.29 is 9.53 Å². The van der Waals surface area contributed by atoms with Gasteiger partial charge in [0.1, 0.15) is 12.4 Å². The summed E-state index contributed by atoms with van der Waals surface area (Å²) in [7, 11) is 0. The van der Waals surface area contributed by atoms with Gasteiger partial charge < -0.3 is 4.74 Å². The van der Waals surface area contributed by atoms with Gasteiger partial charge in [0, 0.05) is 22.6 Å². The van der Waals surface area contributed by atoms with Crippen LogP contribution in [-0.2, 0) is 13.0 Å². The maximum atomic E-state index is 11.7. The van der Waals surface area contributed by atoms with Crippen molar-refractivity contribution in [3.63, 3.8) is 0 Å². The lowest BCUT2D eigenvalue weighted by molar-refractivity contribution is 0.0994. The van der Waals surface area contributed by atoms with E-state index >= 15 is 0 Å². The summed E-state index contributed by atoms with van der Waals surface area (Å²) in [6.45, 7) is 0.463. The standard InChI is InChI=1S/C16H13ClO2/c17-12-4-1-3-11(9-12)10-19-16-6-2-5-13-14(16)7-8-15(13)18/h1-6,9H,7-8,10H2. The van der Waals surface area contributed by atoms with E-state index in [9.17, 15) is 4.79 Å². The van der Waals surface area contributed by atoms with Crippen LogP contribution in [0.25, 0.3) is 0 Å². The van der Waals surface area contributed by atoms with Gasteiger partial charge in [0.15, 0.2) is 5.78 Å². The Hall–Kier alpha value is -1.80. The highest BCUT2D eigenvalue weighted by molar-refractivity contribution is 6.30. The van der Waals surface area contributed by atoms with Crippen molar-refractivity contribution in [3.05, 3.63) is 64.2 Å². The molecule has 1 aliphatic carbocycles. The van der Waals surface area contributed by atoms with Crippen molar-refractivity contribution in [1.29, 1.82) is 0 Å². The molecule has 2 aromatic carbocycles. The molecule has 0 saturated carbocycles.